The first kappa shape index (κ1) is 20.5. The Morgan fingerprint density at radius 3 is 2.50 bits per heavy atom. The van der Waals surface area contributed by atoms with Gasteiger partial charge in [0.25, 0.3) is 0 Å². The van der Waals surface area contributed by atoms with E-state index in [4.69, 9.17) is 11.6 Å². The summed E-state index contributed by atoms with van der Waals surface area (Å²) in [5, 5.41) is 0.636. The highest BCUT2D eigenvalue weighted by atomic mass is 35.5. The van der Waals surface area contributed by atoms with Gasteiger partial charge >= 0.3 is 0 Å². The molecule has 2 amide bonds. The maximum atomic E-state index is 13.4. The minimum Gasteiger partial charge on any atom is -0.348 e. The van der Waals surface area contributed by atoms with E-state index in [1.165, 1.54) is 0 Å². The standard InChI is InChI=1S/C22H28ClN3O2/c1-5-19(27)26(22(2,3)4)15-20(28)25-14-13-24-12-8-11-18(24)21(25)16-9-6-7-10-17(16)23/h6-12,21H,5,13-15H2,1-4H3. The van der Waals surface area contributed by atoms with Gasteiger partial charge in [0.2, 0.25) is 11.8 Å². The van der Waals surface area contributed by atoms with Crippen LogP contribution in [0, 0.1) is 0 Å². The van der Waals surface area contributed by atoms with Crippen LogP contribution in [0.5, 0.6) is 0 Å². The van der Waals surface area contributed by atoms with E-state index in [0.717, 1.165) is 17.8 Å². The number of carbonyl (C=O) groups is 2. The number of rotatable bonds is 4. The maximum absolute atomic E-state index is 13.4. The van der Waals surface area contributed by atoms with Crippen LogP contribution >= 0.6 is 11.6 Å². The highest BCUT2D eigenvalue weighted by Gasteiger charge is 2.36. The van der Waals surface area contributed by atoms with Crippen LogP contribution in [0.2, 0.25) is 5.02 Å². The summed E-state index contributed by atoms with van der Waals surface area (Å²) in [6, 6.07) is 11.4. The second kappa shape index (κ2) is 8.00. The van der Waals surface area contributed by atoms with E-state index in [1.807, 2.05) is 75.2 Å². The largest absolute Gasteiger partial charge is 0.348 e. The first-order valence-corrected chi connectivity index (χ1v) is 10.1. The second-order valence-corrected chi connectivity index (χ2v) is 8.55. The average Bonchev–Trinajstić information content (AvgIpc) is 3.13. The third kappa shape index (κ3) is 3.95. The van der Waals surface area contributed by atoms with Gasteiger partial charge in [-0.3, -0.25) is 9.59 Å². The first-order valence-electron chi connectivity index (χ1n) is 9.73. The van der Waals surface area contributed by atoms with Crippen molar-refractivity contribution >= 4 is 23.4 Å². The SMILES string of the molecule is CCC(=O)N(CC(=O)N1CCn2cccc2C1c1ccccc1Cl)C(C)(C)C. The highest BCUT2D eigenvalue weighted by molar-refractivity contribution is 6.31. The molecule has 28 heavy (non-hydrogen) atoms. The molecule has 1 aromatic carbocycles. The Kier molecular flexibility index (Phi) is 5.84. The van der Waals surface area contributed by atoms with E-state index in [0.29, 0.717) is 18.0 Å². The van der Waals surface area contributed by atoms with Crippen molar-refractivity contribution in [3.05, 3.63) is 58.9 Å². The van der Waals surface area contributed by atoms with E-state index in [1.54, 1.807) is 4.90 Å². The maximum Gasteiger partial charge on any atom is 0.243 e. The van der Waals surface area contributed by atoms with Crippen molar-refractivity contribution in [2.45, 2.75) is 52.2 Å². The van der Waals surface area contributed by atoms with Gasteiger partial charge in [-0.25, -0.2) is 0 Å². The van der Waals surface area contributed by atoms with Crippen LogP contribution in [0.3, 0.4) is 0 Å². The lowest BCUT2D eigenvalue weighted by atomic mass is 9.99. The summed E-state index contributed by atoms with van der Waals surface area (Å²) >= 11 is 6.50. The highest BCUT2D eigenvalue weighted by Crippen LogP contribution is 2.36. The molecule has 1 unspecified atom stereocenters. The third-order valence-electron chi connectivity index (χ3n) is 5.27. The van der Waals surface area contributed by atoms with Crippen LogP contribution < -0.4 is 0 Å². The molecule has 0 spiro atoms. The predicted octanol–water partition coefficient (Wildman–Crippen LogP) is 4.11. The molecule has 0 saturated carbocycles. The zero-order valence-corrected chi connectivity index (χ0v) is 17.7. The van der Waals surface area contributed by atoms with E-state index < -0.39 is 5.54 Å². The van der Waals surface area contributed by atoms with Gasteiger partial charge in [-0.15, -0.1) is 0 Å². The van der Waals surface area contributed by atoms with E-state index >= 15 is 0 Å². The number of hydrogen-bond donors (Lipinski definition) is 0. The molecule has 0 radical (unpaired) electrons. The molecule has 0 aliphatic carbocycles. The van der Waals surface area contributed by atoms with Crippen LogP contribution in [0.15, 0.2) is 42.6 Å². The van der Waals surface area contributed by atoms with Crippen molar-refractivity contribution < 1.29 is 9.59 Å². The molecule has 1 aliphatic rings. The average molecular weight is 402 g/mol. The van der Waals surface area contributed by atoms with Gasteiger partial charge in [-0.05, 0) is 44.5 Å². The smallest absolute Gasteiger partial charge is 0.243 e. The summed E-state index contributed by atoms with van der Waals surface area (Å²) < 4.78 is 2.16. The summed E-state index contributed by atoms with van der Waals surface area (Å²) in [4.78, 5) is 29.4. The predicted molar refractivity (Wildman–Crippen MR) is 111 cm³/mol. The first-order chi connectivity index (χ1) is 13.2. The molecule has 6 heteroatoms. The number of carbonyl (C=O) groups excluding carboxylic acids is 2. The Hall–Kier alpha value is -2.27. The molecule has 1 aliphatic heterocycles. The lowest BCUT2D eigenvalue weighted by Crippen LogP contribution is -2.53. The molecule has 1 atom stereocenters. The van der Waals surface area contributed by atoms with E-state index in [9.17, 15) is 9.59 Å². The number of aromatic nitrogens is 1. The Balaban J connectivity index is 1.96. The van der Waals surface area contributed by atoms with E-state index in [-0.39, 0.29) is 24.4 Å². The van der Waals surface area contributed by atoms with Gasteiger partial charge < -0.3 is 14.4 Å². The van der Waals surface area contributed by atoms with Crippen LogP contribution in [0.1, 0.15) is 51.4 Å². The van der Waals surface area contributed by atoms with Crippen molar-refractivity contribution in [3.63, 3.8) is 0 Å². The molecular formula is C22H28ClN3O2. The summed E-state index contributed by atoms with van der Waals surface area (Å²) in [5.41, 5.74) is 1.52. The normalized spacial score (nSPS) is 16.6. The Labute approximate surface area is 171 Å². The van der Waals surface area contributed by atoms with Gasteiger partial charge in [-0.1, -0.05) is 36.7 Å². The zero-order chi connectivity index (χ0) is 20.5. The minimum absolute atomic E-state index is 0.0180. The van der Waals surface area contributed by atoms with Crippen molar-refractivity contribution in [2.24, 2.45) is 0 Å². The van der Waals surface area contributed by atoms with Gasteiger partial charge in [-0.2, -0.15) is 0 Å². The molecular weight excluding hydrogens is 374 g/mol. The fourth-order valence-corrected chi connectivity index (χ4v) is 4.03. The summed E-state index contributed by atoms with van der Waals surface area (Å²) in [6.07, 6.45) is 2.41. The molecule has 3 rings (SSSR count). The Bertz CT molecular complexity index is 869. The molecule has 150 valence electrons. The number of nitrogens with zero attached hydrogens (tertiary/aromatic N) is 3. The quantitative estimate of drug-likeness (QED) is 0.773. The molecule has 2 heterocycles. The van der Waals surface area contributed by atoms with Crippen molar-refractivity contribution in [3.8, 4) is 0 Å². The van der Waals surface area contributed by atoms with Crippen LogP contribution in [-0.2, 0) is 16.1 Å². The topological polar surface area (TPSA) is 45.6 Å². The number of halogens is 1. The lowest BCUT2D eigenvalue weighted by molar-refractivity contribution is -0.146. The number of fused-ring (bicyclic) bond motifs is 1. The molecule has 2 aromatic rings. The summed E-state index contributed by atoms with van der Waals surface area (Å²) in [5.74, 6) is -0.0791. The monoisotopic (exact) mass is 401 g/mol. The number of amides is 2. The molecule has 0 fully saturated rings. The van der Waals surface area contributed by atoms with Crippen molar-refractivity contribution in [1.29, 1.82) is 0 Å². The van der Waals surface area contributed by atoms with Crippen LogP contribution in [-0.4, -0.2) is 44.8 Å². The van der Waals surface area contributed by atoms with Crippen LogP contribution in [0.4, 0.5) is 0 Å². The molecule has 0 bridgehead atoms. The lowest BCUT2D eigenvalue weighted by Gasteiger charge is -2.41. The zero-order valence-electron chi connectivity index (χ0n) is 17.0. The van der Waals surface area contributed by atoms with Gasteiger partial charge in [0.1, 0.15) is 6.54 Å². The van der Waals surface area contributed by atoms with Gasteiger partial charge in [0.15, 0.2) is 0 Å². The van der Waals surface area contributed by atoms with Gasteiger partial charge in [0.05, 0.1) is 6.04 Å². The van der Waals surface area contributed by atoms with Crippen molar-refractivity contribution in [1.82, 2.24) is 14.4 Å². The minimum atomic E-state index is -0.418. The molecule has 5 nitrogen and oxygen atoms in total. The fourth-order valence-electron chi connectivity index (χ4n) is 3.79. The van der Waals surface area contributed by atoms with E-state index in [2.05, 4.69) is 4.57 Å². The Morgan fingerprint density at radius 2 is 1.86 bits per heavy atom. The Morgan fingerprint density at radius 1 is 1.14 bits per heavy atom. The summed E-state index contributed by atoms with van der Waals surface area (Å²) in [6.45, 7) is 9.08. The second-order valence-electron chi connectivity index (χ2n) is 8.14. The summed E-state index contributed by atoms with van der Waals surface area (Å²) in [7, 11) is 0. The fraction of sp³-hybridized carbons (Fsp3) is 0.455. The number of benzene rings is 1. The number of hydrogen-bond acceptors (Lipinski definition) is 2. The van der Waals surface area contributed by atoms with Crippen molar-refractivity contribution in [2.75, 3.05) is 13.1 Å². The van der Waals surface area contributed by atoms with Crippen LogP contribution in [0.25, 0.3) is 0 Å². The van der Waals surface area contributed by atoms with Gasteiger partial charge in [0, 0.05) is 42.0 Å². The molecule has 0 saturated heterocycles. The molecule has 1 aromatic heterocycles. The molecule has 0 N–H and O–H groups in total. The third-order valence-corrected chi connectivity index (χ3v) is 5.61.